The molecule has 6 N–H and O–H groups in total. The molecule has 0 aliphatic heterocycles. The van der Waals surface area contributed by atoms with Crippen LogP contribution in [0.1, 0.15) is 21.5 Å². The molecule has 1 aromatic heterocycles. The highest BCUT2D eigenvalue weighted by atomic mass is 16.5. The van der Waals surface area contributed by atoms with Crippen LogP contribution in [0.15, 0.2) is 30.3 Å². The molecule has 0 radical (unpaired) electrons. The van der Waals surface area contributed by atoms with Gasteiger partial charge in [0.15, 0.2) is 5.82 Å². The number of nitrogens with one attached hydrogen (secondary N) is 4. The number of amides is 1. The summed E-state index contributed by atoms with van der Waals surface area (Å²) in [5, 5.41) is 21.1. The number of anilines is 3. The summed E-state index contributed by atoms with van der Waals surface area (Å²) in [7, 11) is 5.13. The number of methoxy groups -OCH3 is 1. The summed E-state index contributed by atoms with van der Waals surface area (Å²) >= 11 is 0. The van der Waals surface area contributed by atoms with Crippen LogP contribution in [0.4, 0.5) is 17.3 Å². The lowest BCUT2D eigenvalue weighted by Crippen LogP contribution is -2.30. The minimum Gasteiger partial charge on any atom is -0.496 e. The Morgan fingerprint density at radius 2 is 2.06 bits per heavy atom. The molecule has 0 saturated heterocycles. The van der Waals surface area contributed by atoms with E-state index in [0.717, 1.165) is 11.3 Å². The van der Waals surface area contributed by atoms with E-state index >= 15 is 0 Å². The monoisotopic (exact) mass is 436 g/mol. The Hall–Kier alpha value is -3.92. The number of aryl methyl sites for hydroxylation is 1. The number of benzene rings is 2. The maximum absolute atomic E-state index is 12.4. The van der Waals surface area contributed by atoms with Gasteiger partial charge in [0.05, 0.1) is 12.7 Å². The largest absolute Gasteiger partial charge is 0.496 e. The summed E-state index contributed by atoms with van der Waals surface area (Å²) in [4.78, 5) is 17.0. The predicted octanol–water partition coefficient (Wildman–Crippen LogP) is 2.07. The molecule has 0 spiro atoms. The van der Waals surface area contributed by atoms with E-state index in [4.69, 9.17) is 15.9 Å². The smallest absolute Gasteiger partial charge is 0.255 e. The number of likely N-dealkylation sites (N-methyl/N-ethyl adjacent to an activating group) is 1. The lowest BCUT2D eigenvalue weighted by Gasteiger charge is -2.12. The summed E-state index contributed by atoms with van der Waals surface area (Å²) in [6.07, 6.45) is 1.24. The fourth-order valence-corrected chi connectivity index (χ4v) is 3.23. The molecule has 0 bridgehead atoms. The van der Waals surface area contributed by atoms with Crippen LogP contribution >= 0.6 is 0 Å². The van der Waals surface area contributed by atoms with Gasteiger partial charge in [0.25, 0.3) is 5.91 Å². The van der Waals surface area contributed by atoms with Gasteiger partial charge in [0.2, 0.25) is 5.95 Å². The van der Waals surface area contributed by atoms with Gasteiger partial charge in [-0.3, -0.25) is 4.79 Å². The number of aromatic nitrogens is 3. The van der Waals surface area contributed by atoms with Crippen molar-refractivity contribution in [3.8, 4) is 17.1 Å². The molecule has 3 aromatic rings. The number of hydrogen-bond donors (Lipinski definition) is 5. The third kappa shape index (κ3) is 4.70. The van der Waals surface area contributed by atoms with E-state index in [2.05, 4.69) is 26.0 Å². The van der Waals surface area contributed by atoms with Crippen LogP contribution in [0.25, 0.3) is 11.4 Å². The fraction of sp³-hybridized carbons (Fsp3) is 0.273. The minimum absolute atomic E-state index is 0.208. The van der Waals surface area contributed by atoms with E-state index in [1.807, 2.05) is 20.0 Å². The second kappa shape index (κ2) is 9.92. The molecule has 2 aromatic carbocycles. The average Bonchev–Trinajstić information content (AvgIpc) is 3.16. The van der Waals surface area contributed by atoms with E-state index in [1.165, 1.54) is 13.3 Å². The van der Waals surface area contributed by atoms with Crippen molar-refractivity contribution in [2.75, 3.05) is 38.3 Å². The lowest BCUT2D eigenvalue weighted by molar-refractivity contribution is 0.0951. The van der Waals surface area contributed by atoms with Crippen molar-refractivity contribution >= 4 is 29.4 Å². The number of ether oxygens (including phenoxy) is 1. The molecule has 10 heteroatoms. The van der Waals surface area contributed by atoms with Crippen LogP contribution in [0.5, 0.6) is 5.75 Å². The molecule has 168 valence electrons. The zero-order chi connectivity index (χ0) is 23.3. The standard InChI is InChI=1S/C22H28N8O2/c1-13-16(12-23)17(24)7-8-18(13)27-22-28-20(29-30(22)3)14-5-6-15(19(11-14)32-4)21(31)26-10-9-25-2/h5-8,11-12,23,25H,9-10,24H2,1-4H3,(H,26,31)(H,27,28,29). The van der Waals surface area contributed by atoms with Gasteiger partial charge < -0.3 is 31.8 Å². The molecule has 1 heterocycles. The van der Waals surface area contributed by atoms with Crippen LogP contribution in [0, 0.1) is 12.3 Å². The quantitative estimate of drug-likeness (QED) is 0.196. The molecular weight excluding hydrogens is 408 g/mol. The molecule has 0 saturated carbocycles. The second-order valence-electron chi connectivity index (χ2n) is 7.17. The van der Waals surface area contributed by atoms with E-state index in [0.29, 0.717) is 53.0 Å². The minimum atomic E-state index is -0.208. The lowest BCUT2D eigenvalue weighted by atomic mass is 10.1. The Kier molecular flexibility index (Phi) is 7.06. The zero-order valence-electron chi connectivity index (χ0n) is 18.6. The number of nitrogens with two attached hydrogens (primary N) is 1. The number of rotatable bonds is 9. The van der Waals surface area contributed by atoms with E-state index in [9.17, 15) is 4.79 Å². The number of carbonyl (C=O) groups is 1. The van der Waals surface area contributed by atoms with Gasteiger partial charge in [-0.15, -0.1) is 5.10 Å². The first kappa shape index (κ1) is 22.8. The Morgan fingerprint density at radius 3 is 2.75 bits per heavy atom. The average molecular weight is 437 g/mol. The molecule has 0 unspecified atom stereocenters. The van der Waals surface area contributed by atoms with Crippen molar-refractivity contribution in [2.24, 2.45) is 7.05 Å². The SMILES string of the molecule is CNCCNC(=O)c1ccc(-c2nc(Nc3ccc(N)c(C=N)c3C)n(C)n2)cc1OC. The number of hydrogen-bond acceptors (Lipinski definition) is 8. The highest BCUT2D eigenvalue weighted by Gasteiger charge is 2.17. The molecule has 10 nitrogen and oxygen atoms in total. The molecule has 0 fully saturated rings. The molecular formula is C22H28N8O2. The Morgan fingerprint density at radius 1 is 1.28 bits per heavy atom. The van der Waals surface area contributed by atoms with E-state index < -0.39 is 0 Å². The maximum Gasteiger partial charge on any atom is 0.255 e. The van der Waals surface area contributed by atoms with Gasteiger partial charge in [0.1, 0.15) is 5.75 Å². The van der Waals surface area contributed by atoms with Gasteiger partial charge in [-0.05, 0) is 43.8 Å². The third-order valence-electron chi connectivity index (χ3n) is 5.07. The highest BCUT2D eigenvalue weighted by Crippen LogP contribution is 2.29. The molecule has 3 rings (SSSR count). The van der Waals surface area contributed by atoms with Crippen LogP contribution in [0.3, 0.4) is 0 Å². The maximum atomic E-state index is 12.4. The van der Waals surface area contributed by atoms with Crippen LogP contribution < -0.4 is 26.4 Å². The second-order valence-corrected chi connectivity index (χ2v) is 7.17. The number of carbonyl (C=O) groups excluding carboxylic acids is 1. The highest BCUT2D eigenvalue weighted by molar-refractivity contribution is 5.97. The first-order chi connectivity index (χ1) is 15.4. The molecule has 0 aliphatic rings. The van der Waals surface area contributed by atoms with Crippen molar-refractivity contribution in [3.63, 3.8) is 0 Å². The summed E-state index contributed by atoms with van der Waals surface area (Å²) in [6.45, 7) is 3.08. The van der Waals surface area contributed by atoms with Crippen molar-refractivity contribution in [3.05, 3.63) is 47.0 Å². The van der Waals surface area contributed by atoms with Crippen molar-refractivity contribution in [2.45, 2.75) is 6.92 Å². The Bertz CT molecular complexity index is 1140. The Balaban J connectivity index is 1.87. The molecule has 1 amide bonds. The summed E-state index contributed by atoms with van der Waals surface area (Å²) in [5.74, 6) is 1.24. The zero-order valence-corrected chi connectivity index (χ0v) is 18.6. The van der Waals surface area contributed by atoms with Gasteiger partial charge in [-0.2, -0.15) is 4.98 Å². The summed E-state index contributed by atoms with van der Waals surface area (Å²) in [6, 6.07) is 8.82. The molecule has 0 atom stereocenters. The van der Waals surface area contributed by atoms with Gasteiger partial charge in [-0.25, -0.2) is 4.68 Å². The first-order valence-electron chi connectivity index (χ1n) is 10.1. The third-order valence-corrected chi connectivity index (χ3v) is 5.07. The summed E-state index contributed by atoms with van der Waals surface area (Å²) < 4.78 is 7.06. The fourth-order valence-electron chi connectivity index (χ4n) is 3.23. The normalized spacial score (nSPS) is 10.6. The first-order valence-corrected chi connectivity index (χ1v) is 10.1. The topological polar surface area (TPSA) is 143 Å². The van der Waals surface area contributed by atoms with Gasteiger partial charge in [-0.1, -0.05) is 6.07 Å². The van der Waals surface area contributed by atoms with Gasteiger partial charge >= 0.3 is 0 Å². The van der Waals surface area contributed by atoms with Crippen LogP contribution in [-0.2, 0) is 7.05 Å². The van der Waals surface area contributed by atoms with E-state index in [-0.39, 0.29) is 5.91 Å². The Labute approximate surface area is 186 Å². The predicted molar refractivity (Wildman–Crippen MR) is 126 cm³/mol. The van der Waals surface area contributed by atoms with Crippen molar-refractivity contribution < 1.29 is 9.53 Å². The number of nitrogens with zero attached hydrogens (tertiary/aromatic N) is 3. The summed E-state index contributed by atoms with van der Waals surface area (Å²) in [5.41, 5.74) is 9.93. The molecule has 32 heavy (non-hydrogen) atoms. The van der Waals surface area contributed by atoms with E-state index in [1.54, 1.807) is 36.0 Å². The van der Waals surface area contributed by atoms with Gasteiger partial charge in [0, 0.05) is 48.9 Å². The van der Waals surface area contributed by atoms with Crippen LogP contribution in [-0.4, -0.2) is 54.1 Å². The van der Waals surface area contributed by atoms with Crippen LogP contribution in [0.2, 0.25) is 0 Å². The number of nitrogen functional groups attached to an aromatic ring is 1. The van der Waals surface area contributed by atoms with Crippen molar-refractivity contribution in [1.82, 2.24) is 25.4 Å². The molecule has 0 aliphatic carbocycles. The van der Waals surface area contributed by atoms with Crippen molar-refractivity contribution in [1.29, 1.82) is 5.41 Å².